The molecule has 0 bridgehead atoms. The van der Waals surface area contributed by atoms with Crippen LogP contribution in [0.2, 0.25) is 0 Å². The van der Waals surface area contributed by atoms with E-state index in [4.69, 9.17) is 4.74 Å². The number of amides is 2. The first-order chi connectivity index (χ1) is 10.6. The molecular formula is C17H17NO3S. The minimum atomic E-state index is -0.551. The smallest absolute Gasteiger partial charge is 0.417 e. The van der Waals surface area contributed by atoms with Crippen molar-refractivity contribution in [1.29, 1.82) is 0 Å². The number of benzene rings is 1. The molecule has 0 aliphatic carbocycles. The molecule has 1 aromatic carbocycles. The first kappa shape index (κ1) is 14.8. The average Bonchev–Trinajstić information content (AvgIpc) is 3.07. The fourth-order valence-corrected chi connectivity index (χ4v) is 3.47. The van der Waals surface area contributed by atoms with Crippen LogP contribution in [0.15, 0.2) is 36.4 Å². The number of rotatable bonds is 3. The first-order valence-corrected chi connectivity index (χ1v) is 8.04. The molecule has 1 unspecified atom stereocenters. The predicted molar refractivity (Wildman–Crippen MR) is 87.7 cm³/mol. The SMILES string of the molecule is CC(C)C1COC(=O)N1C(=O)/C=C/c1cc2ccccc2s1. The zero-order chi connectivity index (χ0) is 15.7. The molecule has 1 fully saturated rings. The van der Waals surface area contributed by atoms with Crippen molar-refractivity contribution in [3.8, 4) is 0 Å². The summed E-state index contributed by atoms with van der Waals surface area (Å²) in [6.45, 7) is 4.23. The quantitative estimate of drug-likeness (QED) is 0.807. The number of hydrogen-bond acceptors (Lipinski definition) is 4. The number of hydrogen-bond donors (Lipinski definition) is 0. The van der Waals surface area contributed by atoms with E-state index < -0.39 is 6.09 Å². The van der Waals surface area contributed by atoms with Gasteiger partial charge < -0.3 is 4.74 Å². The average molecular weight is 315 g/mol. The van der Waals surface area contributed by atoms with E-state index >= 15 is 0 Å². The maximum absolute atomic E-state index is 12.3. The number of nitrogens with zero attached hydrogens (tertiary/aromatic N) is 1. The molecule has 1 saturated heterocycles. The third kappa shape index (κ3) is 2.76. The molecule has 2 amide bonds. The molecule has 5 heteroatoms. The summed E-state index contributed by atoms with van der Waals surface area (Å²) in [5.74, 6) is -0.146. The van der Waals surface area contributed by atoms with E-state index in [0.29, 0.717) is 0 Å². The van der Waals surface area contributed by atoms with Crippen molar-refractivity contribution >= 4 is 39.5 Å². The van der Waals surface area contributed by atoms with Gasteiger partial charge in [-0.25, -0.2) is 9.69 Å². The first-order valence-electron chi connectivity index (χ1n) is 7.23. The van der Waals surface area contributed by atoms with Crippen molar-refractivity contribution < 1.29 is 14.3 Å². The molecule has 1 aliphatic rings. The number of thiophene rings is 1. The van der Waals surface area contributed by atoms with E-state index in [1.165, 1.54) is 15.7 Å². The molecule has 1 atom stereocenters. The van der Waals surface area contributed by atoms with Crippen LogP contribution >= 0.6 is 11.3 Å². The molecule has 0 saturated carbocycles. The largest absolute Gasteiger partial charge is 0.447 e. The Labute approximate surface area is 133 Å². The lowest BCUT2D eigenvalue weighted by Gasteiger charge is -2.20. The molecule has 2 heterocycles. The number of carbonyl (C=O) groups is 2. The second-order valence-corrected chi connectivity index (χ2v) is 6.73. The van der Waals surface area contributed by atoms with Crippen LogP contribution in [0.1, 0.15) is 18.7 Å². The number of fused-ring (bicyclic) bond motifs is 1. The Morgan fingerprint density at radius 2 is 2.18 bits per heavy atom. The molecule has 114 valence electrons. The van der Waals surface area contributed by atoms with Gasteiger partial charge in [-0.15, -0.1) is 11.3 Å². The highest BCUT2D eigenvalue weighted by Gasteiger charge is 2.38. The summed E-state index contributed by atoms with van der Waals surface area (Å²) in [7, 11) is 0. The zero-order valence-corrected chi connectivity index (χ0v) is 13.3. The van der Waals surface area contributed by atoms with Gasteiger partial charge in [0.2, 0.25) is 0 Å². The number of ether oxygens (including phenoxy) is 1. The van der Waals surface area contributed by atoms with Crippen molar-refractivity contribution in [3.63, 3.8) is 0 Å². The third-order valence-corrected chi connectivity index (χ3v) is 4.83. The van der Waals surface area contributed by atoms with E-state index in [0.717, 1.165) is 10.3 Å². The molecule has 0 spiro atoms. The number of carbonyl (C=O) groups excluding carboxylic acids is 2. The predicted octanol–water partition coefficient (Wildman–Crippen LogP) is 3.92. The fraction of sp³-hybridized carbons (Fsp3) is 0.294. The van der Waals surface area contributed by atoms with Gasteiger partial charge in [0, 0.05) is 15.7 Å². The second-order valence-electron chi connectivity index (χ2n) is 5.62. The Hall–Kier alpha value is -2.14. The zero-order valence-electron chi connectivity index (χ0n) is 12.5. The van der Waals surface area contributed by atoms with E-state index in [2.05, 4.69) is 0 Å². The van der Waals surface area contributed by atoms with Crippen LogP contribution in [0.5, 0.6) is 0 Å². The second kappa shape index (κ2) is 5.93. The summed E-state index contributed by atoms with van der Waals surface area (Å²) < 4.78 is 6.17. The highest BCUT2D eigenvalue weighted by molar-refractivity contribution is 7.19. The van der Waals surface area contributed by atoms with Gasteiger partial charge in [0.25, 0.3) is 5.91 Å². The van der Waals surface area contributed by atoms with Crippen molar-refractivity contribution in [3.05, 3.63) is 41.3 Å². The molecular weight excluding hydrogens is 298 g/mol. The van der Waals surface area contributed by atoms with Crippen LogP contribution in [0.25, 0.3) is 16.2 Å². The summed E-state index contributed by atoms with van der Waals surface area (Å²) in [5.41, 5.74) is 0. The molecule has 1 aliphatic heterocycles. The number of imide groups is 1. The monoisotopic (exact) mass is 315 g/mol. The highest BCUT2D eigenvalue weighted by Crippen LogP contribution is 2.26. The Balaban J connectivity index is 1.79. The van der Waals surface area contributed by atoms with Gasteiger partial charge in [-0.3, -0.25) is 4.79 Å². The van der Waals surface area contributed by atoms with E-state index in [9.17, 15) is 9.59 Å². The third-order valence-electron chi connectivity index (χ3n) is 3.75. The molecule has 0 N–H and O–H groups in total. The molecule has 2 aromatic rings. The Morgan fingerprint density at radius 3 is 2.91 bits per heavy atom. The number of cyclic esters (lactones) is 1. The lowest BCUT2D eigenvalue weighted by atomic mass is 10.0. The molecule has 3 rings (SSSR count). The Kier molecular flexibility index (Phi) is 3.98. The van der Waals surface area contributed by atoms with Gasteiger partial charge in [-0.1, -0.05) is 32.0 Å². The highest BCUT2D eigenvalue weighted by atomic mass is 32.1. The summed E-state index contributed by atoms with van der Waals surface area (Å²) in [6.07, 6.45) is 2.66. The maximum atomic E-state index is 12.3. The summed E-state index contributed by atoms with van der Waals surface area (Å²) in [4.78, 5) is 26.2. The summed E-state index contributed by atoms with van der Waals surface area (Å²) >= 11 is 1.62. The van der Waals surface area contributed by atoms with E-state index in [-0.39, 0.29) is 24.5 Å². The Morgan fingerprint density at radius 1 is 1.41 bits per heavy atom. The van der Waals surface area contributed by atoms with Crippen molar-refractivity contribution in [2.75, 3.05) is 6.61 Å². The van der Waals surface area contributed by atoms with Gasteiger partial charge in [0.05, 0.1) is 6.04 Å². The minimum Gasteiger partial charge on any atom is -0.447 e. The molecule has 0 radical (unpaired) electrons. The Bertz CT molecular complexity index is 714. The maximum Gasteiger partial charge on any atom is 0.417 e. The standard InChI is InChI=1S/C17H17NO3S/c1-11(2)14-10-21-17(20)18(14)16(19)8-7-13-9-12-5-3-4-6-15(12)22-13/h3-9,11,14H,10H2,1-2H3/b8-7+. The normalized spacial score (nSPS) is 18.6. The summed E-state index contributed by atoms with van der Waals surface area (Å²) in [6, 6.07) is 9.91. The van der Waals surface area contributed by atoms with Gasteiger partial charge >= 0.3 is 6.09 Å². The lowest BCUT2D eigenvalue weighted by molar-refractivity contribution is -0.124. The van der Waals surface area contributed by atoms with Crippen LogP contribution in [0.3, 0.4) is 0 Å². The molecule has 22 heavy (non-hydrogen) atoms. The van der Waals surface area contributed by atoms with E-state index in [1.54, 1.807) is 17.4 Å². The van der Waals surface area contributed by atoms with Crippen molar-refractivity contribution in [2.45, 2.75) is 19.9 Å². The van der Waals surface area contributed by atoms with Crippen LogP contribution in [0, 0.1) is 5.92 Å². The minimum absolute atomic E-state index is 0.174. The van der Waals surface area contributed by atoms with Gasteiger partial charge in [-0.2, -0.15) is 0 Å². The summed E-state index contributed by atoms with van der Waals surface area (Å²) in [5, 5.41) is 1.15. The van der Waals surface area contributed by atoms with Gasteiger partial charge in [0.1, 0.15) is 6.61 Å². The topological polar surface area (TPSA) is 46.6 Å². The van der Waals surface area contributed by atoms with Crippen molar-refractivity contribution in [1.82, 2.24) is 4.90 Å². The lowest BCUT2D eigenvalue weighted by Crippen LogP contribution is -2.40. The van der Waals surface area contributed by atoms with Crippen LogP contribution in [-0.2, 0) is 9.53 Å². The molecule has 1 aromatic heterocycles. The van der Waals surface area contributed by atoms with Crippen LogP contribution in [-0.4, -0.2) is 29.5 Å². The van der Waals surface area contributed by atoms with Gasteiger partial charge in [0.15, 0.2) is 0 Å². The molecule has 4 nitrogen and oxygen atoms in total. The fourth-order valence-electron chi connectivity index (χ4n) is 2.50. The van der Waals surface area contributed by atoms with Crippen LogP contribution < -0.4 is 0 Å². The van der Waals surface area contributed by atoms with Crippen LogP contribution in [0.4, 0.5) is 4.79 Å². The van der Waals surface area contributed by atoms with Crippen molar-refractivity contribution in [2.24, 2.45) is 5.92 Å². The van der Waals surface area contributed by atoms with Gasteiger partial charge in [-0.05, 0) is 29.5 Å². The van der Waals surface area contributed by atoms with E-state index in [1.807, 2.05) is 44.2 Å².